The highest BCUT2D eigenvalue weighted by molar-refractivity contribution is 5.92. The lowest BCUT2D eigenvalue weighted by Crippen LogP contribution is -2.54. The van der Waals surface area contributed by atoms with E-state index >= 15 is 0 Å². The first kappa shape index (κ1) is 36.5. The maximum Gasteiger partial charge on any atom is 0.243 e. The third-order valence-electron chi connectivity index (χ3n) is 8.96. The number of hydrogen-bond acceptors (Lipinski definition) is 7. The predicted molar refractivity (Wildman–Crippen MR) is 189 cm³/mol. The number of rotatable bonds is 8. The zero-order chi connectivity index (χ0) is 35.8. The first-order chi connectivity index (χ1) is 23.9. The molecule has 3 aromatic rings. The van der Waals surface area contributed by atoms with E-state index in [2.05, 4.69) is 35.1 Å². The molecule has 0 unspecified atom stereocenters. The molecule has 50 heavy (non-hydrogen) atoms. The van der Waals surface area contributed by atoms with Crippen LogP contribution in [-0.2, 0) is 45.0 Å². The highest BCUT2D eigenvalue weighted by Crippen LogP contribution is 2.32. The van der Waals surface area contributed by atoms with E-state index in [4.69, 9.17) is 14.8 Å². The van der Waals surface area contributed by atoms with Crippen molar-refractivity contribution in [1.29, 1.82) is 0 Å². The van der Waals surface area contributed by atoms with Crippen molar-refractivity contribution >= 4 is 23.6 Å². The molecule has 1 fully saturated rings. The molecule has 1 aromatic heterocycles. The van der Waals surface area contributed by atoms with Gasteiger partial charge in [-0.3, -0.25) is 19.2 Å². The summed E-state index contributed by atoms with van der Waals surface area (Å²) in [7, 11) is 0. The Hall–Kier alpha value is -4.74. The molecule has 3 aliphatic rings. The minimum Gasteiger partial charge on any atom is -0.491 e. The SMILES string of the molecule is CC(C)C[C@H]1COc2ccc(cc2)C[C@H](NC(=O)C(C)C)C(=O)N[C@H](C)C(=O)N[C@H](Cc2ccccc2)c2nc(CC3CC3)nn2CC(=O)N1. The Morgan fingerprint density at radius 1 is 0.940 bits per heavy atom. The van der Waals surface area contributed by atoms with Crippen molar-refractivity contribution in [1.82, 2.24) is 36.0 Å². The Morgan fingerprint density at radius 2 is 1.66 bits per heavy atom. The number of aromatic nitrogens is 3. The van der Waals surface area contributed by atoms with Gasteiger partial charge in [-0.15, -0.1) is 0 Å². The summed E-state index contributed by atoms with van der Waals surface area (Å²) < 4.78 is 7.74. The lowest BCUT2D eigenvalue weighted by atomic mass is 10.0. The number of amides is 4. The summed E-state index contributed by atoms with van der Waals surface area (Å²) in [6, 6.07) is 14.3. The summed E-state index contributed by atoms with van der Waals surface area (Å²) in [5.74, 6) is 0.820. The van der Waals surface area contributed by atoms with E-state index in [1.807, 2.05) is 54.6 Å². The lowest BCUT2D eigenvalue weighted by molar-refractivity contribution is -0.132. The molecule has 2 aromatic carbocycles. The maximum absolute atomic E-state index is 13.8. The molecule has 4 atom stereocenters. The van der Waals surface area contributed by atoms with Gasteiger partial charge in [-0.25, -0.2) is 9.67 Å². The van der Waals surface area contributed by atoms with E-state index in [1.165, 1.54) is 0 Å². The number of carbonyl (C=O) groups excluding carboxylic acids is 4. The van der Waals surface area contributed by atoms with Gasteiger partial charge in [-0.05, 0) is 67.7 Å². The van der Waals surface area contributed by atoms with E-state index in [1.54, 1.807) is 25.5 Å². The largest absolute Gasteiger partial charge is 0.491 e. The standard InChI is InChI=1S/C38H51N7O5/c1-23(2)17-29-22-50-30-15-13-27(14-16-30)19-32(42-36(47)24(3)4)38(49)39-25(5)37(48)41-31(18-26-9-7-6-8-10-26)35-43-33(20-28-11-12-28)44-45(35)21-34(46)40-29/h6-10,13-16,23-25,28-29,31-32H,11-12,17-22H2,1-5H3,(H,39,49)(H,40,46)(H,41,48)(H,42,47)/t25-,29+,31-,32+/m1/s1. The molecule has 2 bridgehead atoms. The smallest absolute Gasteiger partial charge is 0.243 e. The van der Waals surface area contributed by atoms with Crippen LogP contribution in [0, 0.1) is 17.8 Å². The van der Waals surface area contributed by atoms with Gasteiger partial charge in [0.25, 0.3) is 0 Å². The molecule has 3 heterocycles. The molecule has 0 radical (unpaired) electrons. The summed E-state index contributed by atoms with van der Waals surface area (Å²) in [5.41, 5.74) is 1.77. The van der Waals surface area contributed by atoms with Gasteiger partial charge in [0.05, 0.1) is 12.1 Å². The normalized spacial score (nSPS) is 22.3. The van der Waals surface area contributed by atoms with Crippen LogP contribution in [0.15, 0.2) is 54.6 Å². The minimum absolute atomic E-state index is 0.0824. The highest BCUT2D eigenvalue weighted by Gasteiger charge is 2.31. The molecular weight excluding hydrogens is 634 g/mol. The zero-order valence-electron chi connectivity index (χ0n) is 29.8. The second-order valence-corrected chi connectivity index (χ2v) is 14.4. The second-order valence-electron chi connectivity index (χ2n) is 14.4. The summed E-state index contributed by atoms with van der Waals surface area (Å²) in [6.07, 6.45) is 4.25. The fraction of sp³-hybridized carbons (Fsp3) is 0.526. The third kappa shape index (κ3) is 10.6. The second kappa shape index (κ2) is 16.8. The molecule has 2 aliphatic heterocycles. The van der Waals surface area contributed by atoms with E-state index in [9.17, 15) is 19.2 Å². The monoisotopic (exact) mass is 685 g/mol. The van der Waals surface area contributed by atoms with Gasteiger partial charge in [-0.2, -0.15) is 5.10 Å². The van der Waals surface area contributed by atoms with E-state index in [-0.39, 0.29) is 43.3 Å². The Bertz CT molecular complexity index is 1620. The summed E-state index contributed by atoms with van der Waals surface area (Å²) in [4.78, 5) is 58.8. The number of carbonyl (C=O) groups is 4. The van der Waals surface area contributed by atoms with Crippen LogP contribution in [0.2, 0.25) is 0 Å². The first-order valence-corrected chi connectivity index (χ1v) is 17.8. The minimum atomic E-state index is -0.942. The molecule has 6 rings (SSSR count). The Kier molecular flexibility index (Phi) is 12.3. The number of nitrogens with zero attached hydrogens (tertiary/aromatic N) is 3. The number of benzene rings is 2. The van der Waals surface area contributed by atoms with Crippen molar-refractivity contribution in [3.05, 3.63) is 77.4 Å². The van der Waals surface area contributed by atoms with Crippen LogP contribution in [0.3, 0.4) is 0 Å². The molecule has 0 spiro atoms. The topological polar surface area (TPSA) is 156 Å². The van der Waals surface area contributed by atoms with Crippen molar-refractivity contribution < 1.29 is 23.9 Å². The van der Waals surface area contributed by atoms with Crippen molar-refractivity contribution in [3.8, 4) is 5.75 Å². The Labute approximate surface area is 294 Å². The average Bonchev–Trinajstić information content (AvgIpc) is 3.80. The lowest BCUT2D eigenvalue weighted by Gasteiger charge is -2.25. The Morgan fingerprint density at radius 3 is 2.32 bits per heavy atom. The summed E-state index contributed by atoms with van der Waals surface area (Å²) >= 11 is 0. The maximum atomic E-state index is 13.8. The van der Waals surface area contributed by atoms with Gasteiger partial charge in [0.15, 0.2) is 11.6 Å². The van der Waals surface area contributed by atoms with E-state index in [0.29, 0.717) is 48.5 Å². The summed E-state index contributed by atoms with van der Waals surface area (Å²) in [6.45, 7) is 9.51. The average molecular weight is 686 g/mol. The quantitative estimate of drug-likeness (QED) is 0.283. The number of fused-ring (bicyclic) bond motifs is 14. The molecule has 1 saturated carbocycles. The first-order valence-electron chi connectivity index (χ1n) is 17.8. The molecule has 1 aliphatic carbocycles. The number of hydrogen-bond donors (Lipinski definition) is 4. The zero-order valence-corrected chi connectivity index (χ0v) is 29.8. The molecule has 268 valence electrons. The molecule has 12 nitrogen and oxygen atoms in total. The number of ether oxygens (including phenoxy) is 1. The van der Waals surface area contributed by atoms with E-state index < -0.39 is 29.9 Å². The molecule has 4 amide bonds. The van der Waals surface area contributed by atoms with Gasteiger partial charge in [0.1, 0.15) is 31.0 Å². The van der Waals surface area contributed by atoms with Crippen molar-refractivity contribution in [3.63, 3.8) is 0 Å². The highest BCUT2D eigenvalue weighted by atomic mass is 16.5. The van der Waals surface area contributed by atoms with Crippen molar-refractivity contribution in [2.75, 3.05) is 6.61 Å². The van der Waals surface area contributed by atoms with Crippen molar-refractivity contribution in [2.45, 2.75) is 104 Å². The van der Waals surface area contributed by atoms with Gasteiger partial charge in [0.2, 0.25) is 23.6 Å². The third-order valence-corrected chi connectivity index (χ3v) is 8.96. The van der Waals surface area contributed by atoms with Gasteiger partial charge < -0.3 is 26.0 Å². The van der Waals surface area contributed by atoms with E-state index in [0.717, 1.165) is 24.0 Å². The van der Waals surface area contributed by atoms with Gasteiger partial charge >= 0.3 is 0 Å². The fourth-order valence-corrected chi connectivity index (χ4v) is 6.03. The van der Waals surface area contributed by atoms with Crippen LogP contribution < -0.4 is 26.0 Å². The number of nitrogens with one attached hydrogen (secondary N) is 4. The van der Waals surface area contributed by atoms with Crippen LogP contribution in [-0.4, -0.2) is 63.1 Å². The van der Waals surface area contributed by atoms with Crippen LogP contribution in [0.25, 0.3) is 0 Å². The Balaban J connectivity index is 1.50. The van der Waals surface area contributed by atoms with Crippen LogP contribution >= 0.6 is 0 Å². The van der Waals surface area contributed by atoms with Crippen LogP contribution in [0.4, 0.5) is 0 Å². The fourth-order valence-electron chi connectivity index (χ4n) is 6.03. The molecular formula is C38H51N7O5. The molecule has 4 N–H and O–H groups in total. The van der Waals surface area contributed by atoms with Crippen molar-refractivity contribution in [2.24, 2.45) is 17.8 Å². The molecule has 0 saturated heterocycles. The summed E-state index contributed by atoms with van der Waals surface area (Å²) in [5, 5.41) is 16.7. The predicted octanol–water partition coefficient (Wildman–Crippen LogP) is 3.44. The molecule has 12 heteroatoms. The van der Waals surface area contributed by atoms with Gasteiger partial charge in [-0.1, -0.05) is 70.2 Å². The van der Waals surface area contributed by atoms with Crippen LogP contribution in [0.5, 0.6) is 5.75 Å². The van der Waals surface area contributed by atoms with Crippen LogP contribution in [0.1, 0.15) is 82.7 Å². The van der Waals surface area contributed by atoms with Gasteiger partial charge in [0, 0.05) is 18.8 Å².